The molecule has 31 heavy (non-hydrogen) atoms. The van der Waals surface area contributed by atoms with Crippen molar-refractivity contribution in [2.45, 2.75) is 19.7 Å². The standard InChI is InChI=1S/C20H17F5N2O4/c1-11(28)26-13-5-6-15(14(10-13)20(23,24)25)27-18(29)8-4-12-3-7-16(31-19(21)22)17(9-12)30-2/h3-10,19H,1-2H3,(H,26,28)(H,27,29)/b8-4+. The predicted molar refractivity (Wildman–Crippen MR) is 103 cm³/mol. The van der Waals surface area contributed by atoms with Gasteiger partial charge in [0.2, 0.25) is 11.8 Å². The summed E-state index contributed by atoms with van der Waals surface area (Å²) in [7, 11) is 1.23. The highest BCUT2D eigenvalue weighted by molar-refractivity contribution is 6.02. The number of methoxy groups -OCH3 is 1. The highest BCUT2D eigenvalue weighted by Gasteiger charge is 2.34. The van der Waals surface area contributed by atoms with Crippen molar-refractivity contribution < 1.29 is 41.0 Å². The zero-order chi connectivity index (χ0) is 23.2. The summed E-state index contributed by atoms with van der Waals surface area (Å²) in [4.78, 5) is 23.2. The Balaban J connectivity index is 2.20. The summed E-state index contributed by atoms with van der Waals surface area (Å²) >= 11 is 0. The smallest absolute Gasteiger partial charge is 0.418 e. The van der Waals surface area contributed by atoms with Crippen LogP contribution >= 0.6 is 0 Å². The van der Waals surface area contributed by atoms with E-state index in [0.717, 1.165) is 19.1 Å². The zero-order valence-corrected chi connectivity index (χ0v) is 16.2. The highest BCUT2D eigenvalue weighted by atomic mass is 19.4. The van der Waals surface area contributed by atoms with E-state index in [1.165, 1.54) is 37.5 Å². The van der Waals surface area contributed by atoms with Gasteiger partial charge in [0.25, 0.3) is 0 Å². The van der Waals surface area contributed by atoms with Crippen LogP contribution in [-0.2, 0) is 15.8 Å². The largest absolute Gasteiger partial charge is 0.493 e. The third-order valence-electron chi connectivity index (χ3n) is 3.73. The maximum Gasteiger partial charge on any atom is 0.418 e. The van der Waals surface area contributed by atoms with Crippen LogP contribution in [0.15, 0.2) is 42.5 Å². The number of ether oxygens (including phenoxy) is 2. The Bertz CT molecular complexity index is 990. The molecule has 0 unspecified atom stereocenters. The van der Waals surface area contributed by atoms with Crippen LogP contribution < -0.4 is 20.1 Å². The maximum absolute atomic E-state index is 13.3. The average molecular weight is 444 g/mol. The Labute approximate surface area is 173 Å². The lowest BCUT2D eigenvalue weighted by Gasteiger charge is -2.15. The van der Waals surface area contributed by atoms with Crippen molar-refractivity contribution in [2.24, 2.45) is 0 Å². The van der Waals surface area contributed by atoms with Crippen LogP contribution in [0.4, 0.5) is 33.3 Å². The Hall–Kier alpha value is -3.63. The molecule has 0 heterocycles. The van der Waals surface area contributed by atoms with Gasteiger partial charge in [0.15, 0.2) is 11.5 Å². The summed E-state index contributed by atoms with van der Waals surface area (Å²) in [5.41, 5.74) is -1.37. The van der Waals surface area contributed by atoms with Gasteiger partial charge in [-0.3, -0.25) is 9.59 Å². The number of amides is 2. The molecule has 0 aromatic heterocycles. The summed E-state index contributed by atoms with van der Waals surface area (Å²) in [6.45, 7) is -1.91. The Morgan fingerprint density at radius 2 is 1.74 bits per heavy atom. The molecule has 0 fully saturated rings. The van der Waals surface area contributed by atoms with Crippen LogP contribution in [0.25, 0.3) is 6.08 Å². The number of carbonyl (C=O) groups is 2. The van der Waals surface area contributed by atoms with E-state index >= 15 is 0 Å². The first-order valence-electron chi connectivity index (χ1n) is 8.60. The molecule has 0 saturated carbocycles. The van der Waals surface area contributed by atoms with Crippen LogP contribution in [0.2, 0.25) is 0 Å². The Kier molecular flexibility index (Phi) is 7.56. The topological polar surface area (TPSA) is 76.7 Å². The first-order valence-corrected chi connectivity index (χ1v) is 8.60. The molecule has 166 valence electrons. The van der Waals surface area contributed by atoms with E-state index < -0.39 is 35.9 Å². The molecule has 11 heteroatoms. The molecule has 0 radical (unpaired) electrons. The van der Waals surface area contributed by atoms with Gasteiger partial charge in [-0.25, -0.2) is 0 Å². The second-order valence-corrected chi connectivity index (χ2v) is 6.05. The van der Waals surface area contributed by atoms with Gasteiger partial charge in [-0.15, -0.1) is 0 Å². The van der Waals surface area contributed by atoms with Crippen LogP contribution in [0, 0.1) is 0 Å². The molecule has 0 aliphatic carbocycles. The van der Waals surface area contributed by atoms with E-state index in [0.29, 0.717) is 11.6 Å². The molecule has 2 rings (SSSR count). The number of rotatable bonds is 7. The molecule has 2 N–H and O–H groups in total. The Morgan fingerprint density at radius 1 is 1.03 bits per heavy atom. The van der Waals surface area contributed by atoms with Crippen LogP contribution in [0.3, 0.4) is 0 Å². The summed E-state index contributed by atoms with van der Waals surface area (Å²) in [5, 5.41) is 4.36. The minimum Gasteiger partial charge on any atom is -0.493 e. The lowest BCUT2D eigenvalue weighted by atomic mass is 10.1. The zero-order valence-electron chi connectivity index (χ0n) is 16.2. The number of hydrogen-bond donors (Lipinski definition) is 2. The van der Waals surface area contributed by atoms with E-state index in [2.05, 4.69) is 15.4 Å². The fourth-order valence-electron chi connectivity index (χ4n) is 2.50. The third kappa shape index (κ3) is 6.98. The summed E-state index contributed by atoms with van der Waals surface area (Å²) < 4.78 is 73.9. The van der Waals surface area contributed by atoms with E-state index in [9.17, 15) is 31.5 Å². The molecule has 2 amide bonds. The molecule has 0 saturated heterocycles. The number of alkyl halides is 5. The number of anilines is 2. The molecule has 0 aliphatic heterocycles. The van der Waals surface area contributed by atoms with Gasteiger partial charge in [0.05, 0.1) is 18.4 Å². The van der Waals surface area contributed by atoms with Crippen molar-refractivity contribution in [1.82, 2.24) is 0 Å². The second-order valence-electron chi connectivity index (χ2n) is 6.05. The van der Waals surface area contributed by atoms with Gasteiger partial charge in [0.1, 0.15) is 0 Å². The highest BCUT2D eigenvalue weighted by Crippen LogP contribution is 2.36. The number of nitrogens with one attached hydrogen (secondary N) is 2. The minimum atomic E-state index is -4.78. The first kappa shape index (κ1) is 23.6. The lowest BCUT2D eigenvalue weighted by Crippen LogP contribution is -2.16. The first-order chi connectivity index (χ1) is 14.5. The average Bonchev–Trinajstić information content (AvgIpc) is 2.66. The normalized spacial score (nSPS) is 11.5. The molecule has 0 bridgehead atoms. The van der Waals surface area contributed by atoms with Gasteiger partial charge in [0, 0.05) is 18.7 Å². The van der Waals surface area contributed by atoms with E-state index in [1.807, 2.05) is 0 Å². The van der Waals surface area contributed by atoms with Crippen molar-refractivity contribution in [3.8, 4) is 11.5 Å². The molecule has 2 aromatic carbocycles. The molecular weight excluding hydrogens is 427 g/mol. The molecule has 0 aliphatic rings. The van der Waals surface area contributed by atoms with E-state index in [4.69, 9.17) is 4.74 Å². The summed E-state index contributed by atoms with van der Waals surface area (Å²) in [5.74, 6) is -1.65. The SMILES string of the molecule is COc1cc(/C=C/C(=O)Nc2ccc(NC(C)=O)cc2C(F)(F)F)ccc1OC(F)F. The van der Waals surface area contributed by atoms with E-state index in [1.54, 1.807) is 0 Å². The van der Waals surface area contributed by atoms with Crippen LogP contribution in [0.5, 0.6) is 11.5 Å². The predicted octanol–water partition coefficient (Wildman–Crippen LogP) is 4.93. The van der Waals surface area contributed by atoms with Crippen LogP contribution in [-0.4, -0.2) is 25.5 Å². The fraction of sp³-hybridized carbons (Fsp3) is 0.200. The van der Waals surface area contributed by atoms with Gasteiger partial charge in [-0.1, -0.05) is 6.07 Å². The molecular formula is C20H17F5N2O4. The summed E-state index contributed by atoms with van der Waals surface area (Å²) in [6.07, 6.45) is -2.57. The lowest BCUT2D eigenvalue weighted by molar-refractivity contribution is -0.137. The van der Waals surface area contributed by atoms with Gasteiger partial charge in [-0.2, -0.15) is 22.0 Å². The number of benzene rings is 2. The number of hydrogen-bond acceptors (Lipinski definition) is 4. The van der Waals surface area contributed by atoms with Crippen molar-refractivity contribution in [1.29, 1.82) is 0 Å². The van der Waals surface area contributed by atoms with Crippen molar-refractivity contribution >= 4 is 29.3 Å². The maximum atomic E-state index is 13.3. The minimum absolute atomic E-state index is 0.0178. The fourth-order valence-corrected chi connectivity index (χ4v) is 2.50. The van der Waals surface area contributed by atoms with Crippen molar-refractivity contribution in [3.63, 3.8) is 0 Å². The van der Waals surface area contributed by atoms with Crippen molar-refractivity contribution in [3.05, 3.63) is 53.6 Å². The Morgan fingerprint density at radius 3 is 2.32 bits per heavy atom. The third-order valence-corrected chi connectivity index (χ3v) is 3.73. The number of halogens is 5. The number of carbonyl (C=O) groups excluding carboxylic acids is 2. The monoisotopic (exact) mass is 444 g/mol. The second kappa shape index (κ2) is 9.92. The van der Waals surface area contributed by atoms with Gasteiger partial charge >= 0.3 is 12.8 Å². The van der Waals surface area contributed by atoms with E-state index in [-0.39, 0.29) is 17.2 Å². The van der Waals surface area contributed by atoms with Gasteiger partial charge in [-0.05, 0) is 42.0 Å². The molecule has 0 atom stereocenters. The van der Waals surface area contributed by atoms with Gasteiger partial charge < -0.3 is 20.1 Å². The molecule has 0 spiro atoms. The quantitative estimate of drug-likeness (QED) is 0.469. The van der Waals surface area contributed by atoms with Crippen molar-refractivity contribution in [2.75, 3.05) is 17.7 Å². The molecule has 6 nitrogen and oxygen atoms in total. The molecule has 2 aromatic rings. The summed E-state index contributed by atoms with van der Waals surface area (Å²) in [6, 6.07) is 6.79. The van der Waals surface area contributed by atoms with Crippen LogP contribution in [0.1, 0.15) is 18.1 Å².